The molecule has 5 nitrogen and oxygen atoms in total. The van der Waals surface area contributed by atoms with Crippen LogP contribution in [0.1, 0.15) is 19.5 Å². The Bertz CT molecular complexity index is 537. The van der Waals surface area contributed by atoms with Crippen molar-refractivity contribution < 1.29 is 13.9 Å². The molecule has 1 N–H and O–H groups in total. The monoisotopic (exact) mass is 276 g/mol. The van der Waals surface area contributed by atoms with Gasteiger partial charge in [-0.25, -0.2) is 0 Å². The third-order valence-corrected chi connectivity index (χ3v) is 2.64. The van der Waals surface area contributed by atoms with E-state index in [0.29, 0.717) is 18.2 Å². The average molecular weight is 276 g/mol. The van der Waals surface area contributed by atoms with E-state index in [9.17, 15) is 0 Å². The first-order chi connectivity index (χ1) is 9.67. The molecule has 0 atom stereocenters. The SMILES string of the molecule is COc1cccc(Oc2nc(CNCC(C)C)co2)c1. The minimum atomic E-state index is 0.236. The molecule has 0 spiro atoms. The van der Waals surface area contributed by atoms with Crippen LogP contribution in [0.5, 0.6) is 17.6 Å². The topological polar surface area (TPSA) is 56.5 Å². The maximum Gasteiger partial charge on any atom is 0.399 e. The van der Waals surface area contributed by atoms with Crippen molar-refractivity contribution in [3.63, 3.8) is 0 Å². The lowest BCUT2D eigenvalue weighted by molar-refractivity contribution is 0.328. The molecular formula is C15H20N2O3. The number of ether oxygens (including phenoxy) is 2. The second-order valence-electron chi connectivity index (χ2n) is 4.91. The Morgan fingerprint density at radius 1 is 1.30 bits per heavy atom. The fourth-order valence-corrected chi connectivity index (χ4v) is 1.67. The third kappa shape index (κ3) is 4.28. The van der Waals surface area contributed by atoms with Gasteiger partial charge in [0.1, 0.15) is 17.8 Å². The molecular weight excluding hydrogens is 256 g/mol. The van der Waals surface area contributed by atoms with Gasteiger partial charge in [-0.15, -0.1) is 0 Å². The fourth-order valence-electron chi connectivity index (χ4n) is 1.67. The molecule has 2 rings (SSSR count). The second-order valence-corrected chi connectivity index (χ2v) is 4.91. The number of nitrogens with one attached hydrogen (secondary N) is 1. The second kappa shape index (κ2) is 6.96. The van der Waals surface area contributed by atoms with Crippen molar-refractivity contribution in [3.8, 4) is 17.6 Å². The first-order valence-corrected chi connectivity index (χ1v) is 6.64. The zero-order valence-corrected chi connectivity index (χ0v) is 12.1. The molecule has 0 saturated heterocycles. The number of benzene rings is 1. The average Bonchev–Trinajstić information content (AvgIpc) is 2.86. The number of aromatic nitrogens is 1. The van der Waals surface area contributed by atoms with E-state index in [1.54, 1.807) is 19.4 Å². The van der Waals surface area contributed by atoms with Crippen molar-refractivity contribution in [3.05, 3.63) is 36.2 Å². The summed E-state index contributed by atoms with van der Waals surface area (Å²) in [5.74, 6) is 1.97. The molecule has 0 radical (unpaired) electrons. The summed E-state index contributed by atoms with van der Waals surface area (Å²) in [4.78, 5) is 4.27. The lowest BCUT2D eigenvalue weighted by Crippen LogP contribution is -2.19. The number of hydrogen-bond acceptors (Lipinski definition) is 5. The molecule has 0 amide bonds. The van der Waals surface area contributed by atoms with Crippen LogP contribution in [0.3, 0.4) is 0 Å². The van der Waals surface area contributed by atoms with Crippen molar-refractivity contribution >= 4 is 0 Å². The zero-order valence-electron chi connectivity index (χ0n) is 12.1. The minimum Gasteiger partial charge on any atom is -0.497 e. The Morgan fingerprint density at radius 3 is 2.85 bits per heavy atom. The van der Waals surface area contributed by atoms with Crippen molar-refractivity contribution in [1.29, 1.82) is 0 Å². The zero-order chi connectivity index (χ0) is 14.4. The molecule has 0 aliphatic carbocycles. The molecule has 1 aromatic carbocycles. The number of rotatable bonds is 7. The first kappa shape index (κ1) is 14.4. The molecule has 0 bridgehead atoms. The fraction of sp³-hybridized carbons (Fsp3) is 0.400. The number of methoxy groups -OCH3 is 1. The van der Waals surface area contributed by atoms with E-state index >= 15 is 0 Å². The van der Waals surface area contributed by atoms with E-state index < -0.39 is 0 Å². The van der Waals surface area contributed by atoms with Crippen LogP contribution in [0.25, 0.3) is 0 Å². The minimum absolute atomic E-state index is 0.236. The van der Waals surface area contributed by atoms with Crippen molar-refractivity contribution in [2.45, 2.75) is 20.4 Å². The maximum absolute atomic E-state index is 5.54. The Labute approximate surface area is 118 Å². The van der Waals surface area contributed by atoms with Gasteiger partial charge in [0.25, 0.3) is 0 Å². The highest BCUT2D eigenvalue weighted by Gasteiger charge is 2.07. The largest absolute Gasteiger partial charge is 0.497 e. The molecule has 0 fully saturated rings. The Kier molecular flexibility index (Phi) is 5.01. The number of oxazole rings is 1. The van der Waals surface area contributed by atoms with Crippen molar-refractivity contribution in [2.75, 3.05) is 13.7 Å². The van der Waals surface area contributed by atoms with Crippen LogP contribution < -0.4 is 14.8 Å². The van der Waals surface area contributed by atoms with Gasteiger partial charge in [0, 0.05) is 12.6 Å². The lowest BCUT2D eigenvalue weighted by Gasteiger charge is -2.04. The number of hydrogen-bond donors (Lipinski definition) is 1. The highest BCUT2D eigenvalue weighted by atomic mass is 16.6. The van der Waals surface area contributed by atoms with Gasteiger partial charge >= 0.3 is 6.08 Å². The first-order valence-electron chi connectivity index (χ1n) is 6.64. The molecule has 20 heavy (non-hydrogen) atoms. The van der Waals surface area contributed by atoms with Gasteiger partial charge < -0.3 is 19.2 Å². The molecule has 1 aromatic heterocycles. The van der Waals surface area contributed by atoms with E-state index in [2.05, 4.69) is 24.1 Å². The summed E-state index contributed by atoms with van der Waals surface area (Å²) in [6.45, 7) is 5.93. The quantitative estimate of drug-likeness (QED) is 0.841. The van der Waals surface area contributed by atoms with Gasteiger partial charge in [-0.05, 0) is 24.6 Å². The summed E-state index contributed by atoms with van der Waals surface area (Å²) in [5.41, 5.74) is 0.823. The molecule has 5 heteroatoms. The highest BCUT2D eigenvalue weighted by molar-refractivity contribution is 5.34. The van der Waals surface area contributed by atoms with Crippen LogP contribution in [0.4, 0.5) is 0 Å². The molecule has 0 aliphatic rings. The Balaban J connectivity index is 1.91. The van der Waals surface area contributed by atoms with E-state index in [4.69, 9.17) is 13.9 Å². The van der Waals surface area contributed by atoms with E-state index in [0.717, 1.165) is 18.0 Å². The molecule has 0 saturated carbocycles. The van der Waals surface area contributed by atoms with E-state index in [1.165, 1.54) is 0 Å². The predicted octanol–water partition coefficient (Wildman–Crippen LogP) is 3.22. The summed E-state index contributed by atoms with van der Waals surface area (Å²) in [5, 5.41) is 3.30. The number of nitrogens with zero attached hydrogens (tertiary/aromatic N) is 1. The van der Waals surface area contributed by atoms with Gasteiger partial charge in [-0.2, -0.15) is 4.98 Å². The van der Waals surface area contributed by atoms with Crippen LogP contribution >= 0.6 is 0 Å². The van der Waals surface area contributed by atoms with Gasteiger partial charge in [-0.1, -0.05) is 19.9 Å². The lowest BCUT2D eigenvalue weighted by atomic mass is 10.2. The standard InChI is InChI=1S/C15H20N2O3/c1-11(2)8-16-9-12-10-19-15(17-12)20-14-6-4-5-13(7-14)18-3/h4-7,10-11,16H,8-9H2,1-3H3. The molecule has 108 valence electrons. The van der Waals surface area contributed by atoms with E-state index in [1.807, 2.05) is 18.2 Å². The predicted molar refractivity (Wildman–Crippen MR) is 76.1 cm³/mol. The Hall–Kier alpha value is -2.01. The maximum atomic E-state index is 5.54. The molecule has 1 heterocycles. The summed E-state index contributed by atoms with van der Waals surface area (Å²) in [6, 6.07) is 7.30. The van der Waals surface area contributed by atoms with E-state index in [-0.39, 0.29) is 6.08 Å². The summed E-state index contributed by atoms with van der Waals surface area (Å²) < 4.78 is 16.0. The van der Waals surface area contributed by atoms with Crippen LogP contribution in [0.2, 0.25) is 0 Å². The van der Waals surface area contributed by atoms with Gasteiger partial charge in [0.05, 0.1) is 12.8 Å². The van der Waals surface area contributed by atoms with Crippen LogP contribution in [0.15, 0.2) is 34.9 Å². The summed E-state index contributed by atoms with van der Waals surface area (Å²) >= 11 is 0. The van der Waals surface area contributed by atoms with Gasteiger partial charge in [0.2, 0.25) is 0 Å². The van der Waals surface area contributed by atoms with Gasteiger partial charge in [0.15, 0.2) is 0 Å². The smallest absolute Gasteiger partial charge is 0.399 e. The normalized spacial score (nSPS) is 10.8. The molecule has 0 aliphatic heterocycles. The van der Waals surface area contributed by atoms with Crippen molar-refractivity contribution in [1.82, 2.24) is 10.3 Å². The third-order valence-electron chi connectivity index (χ3n) is 2.64. The summed E-state index contributed by atoms with van der Waals surface area (Å²) in [6.07, 6.45) is 1.84. The molecule has 0 unspecified atom stereocenters. The van der Waals surface area contributed by atoms with Gasteiger partial charge in [-0.3, -0.25) is 0 Å². The van der Waals surface area contributed by atoms with Crippen molar-refractivity contribution in [2.24, 2.45) is 5.92 Å². The van der Waals surface area contributed by atoms with Crippen LogP contribution in [0, 0.1) is 5.92 Å². The Morgan fingerprint density at radius 2 is 2.10 bits per heavy atom. The van der Waals surface area contributed by atoms with Crippen LogP contribution in [-0.2, 0) is 6.54 Å². The highest BCUT2D eigenvalue weighted by Crippen LogP contribution is 2.24. The van der Waals surface area contributed by atoms with Crippen LogP contribution in [-0.4, -0.2) is 18.6 Å². The summed E-state index contributed by atoms with van der Waals surface area (Å²) in [7, 11) is 1.61. The molecule has 2 aromatic rings.